The van der Waals surface area contributed by atoms with E-state index in [1.807, 2.05) is 13.8 Å². The molecular weight excluding hydrogens is 244 g/mol. The number of esters is 2. The van der Waals surface area contributed by atoms with Crippen LogP contribution in [-0.4, -0.2) is 43.7 Å². The molecule has 0 aliphatic carbocycles. The van der Waals surface area contributed by atoms with Crippen molar-refractivity contribution in [2.45, 2.75) is 46.2 Å². The van der Waals surface area contributed by atoms with Crippen molar-refractivity contribution in [3.05, 3.63) is 0 Å². The first-order chi connectivity index (χ1) is 8.51. The molecule has 6 heteroatoms. The van der Waals surface area contributed by atoms with Gasteiger partial charge in [-0.3, -0.25) is 0 Å². The highest BCUT2D eigenvalue weighted by Gasteiger charge is 2.47. The van der Waals surface area contributed by atoms with Crippen molar-refractivity contribution in [3.8, 4) is 0 Å². The van der Waals surface area contributed by atoms with Crippen molar-refractivity contribution < 1.29 is 28.5 Å². The lowest BCUT2D eigenvalue weighted by atomic mass is 10.2. The van der Waals surface area contributed by atoms with Crippen molar-refractivity contribution in [2.75, 3.05) is 13.2 Å². The molecule has 0 N–H and O–H groups in total. The van der Waals surface area contributed by atoms with Crippen molar-refractivity contribution in [1.29, 1.82) is 0 Å². The van der Waals surface area contributed by atoms with Crippen LogP contribution in [0, 0.1) is 5.92 Å². The van der Waals surface area contributed by atoms with Gasteiger partial charge in [0.2, 0.25) is 0 Å². The normalized spacial score (nSPS) is 24.3. The largest absolute Gasteiger partial charge is 0.464 e. The van der Waals surface area contributed by atoms with Crippen molar-refractivity contribution in [3.63, 3.8) is 0 Å². The van der Waals surface area contributed by atoms with Gasteiger partial charge in [-0.25, -0.2) is 9.59 Å². The van der Waals surface area contributed by atoms with Gasteiger partial charge in [0.05, 0.1) is 13.2 Å². The Kier molecular flexibility index (Phi) is 5.55. The molecule has 0 aromatic heterocycles. The molecule has 1 aliphatic rings. The topological polar surface area (TPSA) is 71.1 Å². The van der Waals surface area contributed by atoms with Crippen LogP contribution in [0.1, 0.15) is 27.7 Å². The van der Waals surface area contributed by atoms with Gasteiger partial charge in [-0.05, 0) is 13.8 Å². The standard InChI is InChI=1S/C12H20O6/c1-5-15-10(13)8-9(11(14)16-6-2)18-12(17-8)7(3)4/h7-9,12H,5-6H2,1-4H3/t8-,9-/m0/s1/i10+2,11+2. The summed E-state index contributed by atoms with van der Waals surface area (Å²) < 4.78 is 20.6. The highest BCUT2D eigenvalue weighted by Crippen LogP contribution is 2.26. The van der Waals surface area contributed by atoms with E-state index in [4.69, 9.17) is 18.9 Å². The van der Waals surface area contributed by atoms with Gasteiger partial charge in [-0.15, -0.1) is 0 Å². The molecule has 1 heterocycles. The number of hydrogen-bond donors (Lipinski definition) is 0. The average molecular weight is 264 g/mol. The van der Waals surface area contributed by atoms with Crippen LogP contribution in [0.25, 0.3) is 0 Å². The Hall–Kier alpha value is -1.14. The zero-order valence-electron chi connectivity index (χ0n) is 11.2. The first-order valence-corrected chi connectivity index (χ1v) is 6.15. The van der Waals surface area contributed by atoms with Crippen LogP contribution in [0.15, 0.2) is 0 Å². The van der Waals surface area contributed by atoms with E-state index in [1.165, 1.54) is 0 Å². The Balaban J connectivity index is 2.76. The SMILES string of the molecule is CCO[14C](=O)[C@H]1OC(C(C)C)O[C@@H]1[14C](=O)OCC. The van der Waals surface area contributed by atoms with Gasteiger partial charge in [0.25, 0.3) is 0 Å². The third kappa shape index (κ3) is 3.43. The summed E-state index contributed by atoms with van der Waals surface area (Å²) in [5, 5.41) is 0. The van der Waals surface area contributed by atoms with Crippen molar-refractivity contribution >= 4 is 11.9 Å². The Morgan fingerprint density at radius 1 is 1.00 bits per heavy atom. The van der Waals surface area contributed by atoms with E-state index in [9.17, 15) is 9.59 Å². The van der Waals surface area contributed by atoms with Crippen molar-refractivity contribution in [2.24, 2.45) is 5.92 Å². The molecule has 1 saturated heterocycles. The highest BCUT2D eigenvalue weighted by atomic mass is 16.9. The van der Waals surface area contributed by atoms with Gasteiger partial charge in [0, 0.05) is 5.92 Å². The molecule has 1 fully saturated rings. The molecule has 0 spiro atoms. The quantitative estimate of drug-likeness (QED) is 0.686. The van der Waals surface area contributed by atoms with E-state index in [2.05, 4.69) is 0 Å². The molecule has 2 atom stereocenters. The van der Waals surface area contributed by atoms with E-state index in [-0.39, 0.29) is 19.1 Å². The zero-order valence-corrected chi connectivity index (χ0v) is 11.2. The summed E-state index contributed by atoms with van der Waals surface area (Å²) in [7, 11) is 0. The lowest BCUT2D eigenvalue weighted by Gasteiger charge is -2.13. The second-order valence-corrected chi connectivity index (χ2v) is 4.23. The van der Waals surface area contributed by atoms with Crippen LogP contribution in [0.2, 0.25) is 0 Å². The summed E-state index contributed by atoms with van der Waals surface area (Å²) in [6.45, 7) is 7.57. The molecule has 0 radical (unpaired) electrons. The fraction of sp³-hybridized carbons (Fsp3) is 0.833. The molecule has 1 rings (SSSR count). The fourth-order valence-corrected chi connectivity index (χ4v) is 1.59. The van der Waals surface area contributed by atoms with E-state index >= 15 is 0 Å². The van der Waals surface area contributed by atoms with Gasteiger partial charge >= 0.3 is 11.9 Å². The third-order valence-corrected chi connectivity index (χ3v) is 2.42. The zero-order chi connectivity index (χ0) is 13.7. The monoisotopic (exact) mass is 264 g/mol. The smallest absolute Gasteiger partial charge is 0.338 e. The van der Waals surface area contributed by atoms with E-state index in [1.54, 1.807) is 13.8 Å². The Labute approximate surface area is 107 Å². The van der Waals surface area contributed by atoms with Gasteiger partial charge in [0.15, 0.2) is 18.5 Å². The molecule has 0 bridgehead atoms. The maximum absolute atomic E-state index is 11.7. The molecule has 0 aromatic rings. The lowest BCUT2D eigenvalue weighted by Crippen LogP contribution is -2.39. The number of ether oxygens (including phenoxy) is 4. The first-order valence-electron chi connectivity index (χ1n) is 6.15. The number of rotatable bonds is 5. The Morgan fingerprint density at radius 2 is 1.39 bits per heavy atom. The third-order valence-electron chi connectivity index (χ3n) is 2.42. The predicted octanol–water partition coefficient (Wildman–Crippen LogP) is 0.879. The molecule has 0 aromatic carbocycles. The van der Waals surface area contributed by atoms with Gasteiger partial charge in [-0.1, -0.05) is 13.8 Å². The summed E-state index contributed by atoms with van der Waals surface area (Å²) in [6.07, 6.45) is -2.69. The second kappa shape index (κ2) is 6.70. The maximum Gasteiger partial charge on any atom is 0.338 e. The van der Waals surface area contributed by atoms with Crippen LogP contribution in [0.3, 0.4) is 0 Å². The molecule has 1 aliphatic heterocycles. The van der Waals surface area contributed by atoms with Gasteiger partial charge < -0.3 is 18.9 Å². The molecule has 18 heavy (non-hydrogen) atoms. The average Bonchev–Trinajstić information content (AvgIpc) is 2.74. The Bertz CT molecular complexity index is 275. The van der Waals surface area contributed by atoms with E-state index < -0.39 is 30.4 Å². The van der Waals surface area contributed by atoms with E-state index in [0.29, 0.717) is 0 Å². The lowest BCUT2D eigenvalue weighted by molar-refractivity contribution is -0.163. The molecule has 0 saturated carbocycles. The summed E-state index contributed by atoms with van der Waals surface area (Å²) in [5.41, 5.74) is 0. The van der Waals surface area contributed by atoms with Gasteiger partial charge in [0.1, 0.15) is 0 Å². The van der Waals surface area contributed by atoms with E-state index in [0.717, 1.165) is 0 Å². The van der Waals surface area contributed by atoms with Crippen LogP contribution in [0.5, 0.6) is 0 Å². The second-order valence-electron chi connectivity index (χ2n) is 4.23. The maximum atomic E-state index is 11.7. The van der Waals surface area contributed by atoms with Crippen LogP contribution < -0.4 is 0 Å². The number of carbonyl (C=O) groups is 2. The molecular formula is C12H20O6. The minimum absolute atomic E-state index is 0.0290. The fourth-order valence-electron chi connectivity index (χ4n) is 1.59. The number of carbonyl (C=O) groups excluding carboxylic acids is 2. The predicted molar refractivity (Wildman–Crippen MR) is 61.6 cm³/mol. The number of hydrogen-bond acceptors (Lipinski definition) is 6. The van der Waals surface area contributed by atoms with Crippen LogP contribution in [0.4, 0.5) is 0 Å². The first kappa shape index (κ1) is 14.9. The minimum atomic E-state index is -1.05. The highest BCUT2D eigenvalue weighted by molar-refractivity contribution is 5.86. The summed E-state index contributed by atoms with van der Waals surface area (Å²) in [5.74, 6) is -1.17. The van der Waals surface area contributed by atoms with Crippen LogP contribution >= 0.6 is 0 Å². The summed E-state index contributed by atoms with van der Waals surface area (Å²) >= 11 is 0. The molecule has 0 amide bonds. The van der Waals surface area contributed by atoms with Crippen LogP contribution in [-0.2, 0) is 28.5 Å². The molecule has 104 valence electrons. The van der Waals surface area contributed by atoms with Gasteiger partial charge in [-0.2, -0.15) is 0 Å². The van der Waals surface area contributed by atoms with Crippen molar-refractivity contribution in [1.82, 2.24) is 0 Å². The Morgan fingerprint density at radius 3 is 1.67 bits per heavy atom. The molecule has 6 nitrogen and oxygen atoms in total. The summed E-state index contributed by atoms with van der Waals surface area (Å²) in [4.78, 5) is 23.4. The molecule has 0 unspecified atom stereocenters. The minimum Gasteiger partial charge on any atom is -0.464 e. The summed E-state index contributed by atoms with van der Waals surface area (Å²) in [6, 6.07) is 0.